The van der Waals surface area contributed by atoms with E-state index in [0.29, 0.717) is 25.7 Å². The Balaban J connectivity index is 2.49. The summed E-state index contributed by atoms with van der Waals surface area (Å²) in [5, 5.41) is 10.8. The predicted molar refractivity (Wildman–Crippen MR) is 63.3 cm³/mol. The molecule has 1 aliphatic heterocycles. The lowest BCUT2D eigenvalue weighted by atomic mass is 10.0. The van der Waals surface area contributed by atoms with Gasteiger partial charge in [0.05, 0.1) is 6.10 Å². The second kappa shape index (κ2) is 7.25. The van der Waals surface area contributed by atoms with Gasteiger partial charge in [-0.3, -0.25) is 14.9 Å². The van der Waals surface area contributed by atoms with Crippen LogP contribution in [0.4, 0.5) is 0 Å². The van der Waals surface area contributed by atoms with Crippen LogP contribution in [0.5, 0.6) is 0 Å². The molecule has 0 bridgehead atoms. The molecule has 5 nitrogen and oxygen atoms in total. The minimum Gasteiger partial charge on any atom is -0.463 e. The molecule has 0 N–H and O–H groups in total. The molecule has 1 aliphatic rings. The van der Waals surface area contributed by atoms with Crippen molar-refractivity contribution in [3.8, 4) is 0 Å². The monoisotopic (exact) mass is 243 g/mol. The summed E-state index contributed by atoms with van der Waals surface area (Å²) in [6, 6.07) is -0.476. The summed E-state index contributed by atoms with van der Waals surface area (Å²) in [6.45, 7) is 1.81. The minimum atomic E-state index is -0.476. The van der Waals surface area contributed by atoms with Gasteiger partial charge < -0.3 is 4.74 Å². The molecule has 98 valence electrons. The number of rotatable bonds is 1. The topological polar surface area (TPSA) is 69.4 Å². The first-order valence-electron chi connectivity index (χ1n) is 6.42. The second-order valence-corrected chi connectivity index (χ2v) is 4.77. The number of nitrogens with zero attached hydrogens (tertiary/aromatic N) is 1. The molecule has 1 saturated heterocycles. The molecule has 5 heteroatoms. The van der Waals surface area contributed by atoms with Gasteiger partial charge in [0.1, 0.15) is 0 Å². The lowest BCUT2D eigenvalue weighted by Crippen LogP contribution is -2.23. The molecule has 2 unspecified atom stereocenters. The highest BCUT2D eigenvalue weighted by atomic mass is 16.6. The first-order valence-corrected chi connectivity index (χ1v) is 6.42. The Labute approximate surface area is 102 Å². The van der Waals surface area contributed by atoms with Gasteiger partial charge in [0, 0.05) is 24.2 Å². The molecule has 0 aromatic heterocycles. The van der Waals surface area contributed by atoms with Crippen molar-refractivity contribution in [2.24, 2.45) is 0 Å². The Morgan fingerprint density at radius 1 is 1.18 bits per heavy atom. The fourth-order valence-corrected chi connectivity index (χ4v) is 2.13. The van der Waals surface area contributed by atoms with E-state index < -0.39 is 6.04 Å². The van der Waals surface area contributed by atoms with Crippen LogP contribution in [-0.2, 0) is 9.53 Å². The van der Waals surface area contributed by atoms with E-state index in [4.69, 9.17) is 4.74 Å². The zero-order valence-corrected chi connectivity index (χ0v) is 10.4. The highest BCUT2D eigenvalue weighted by molar-refractivity contribution is 5.69. The Bertz CT molecular complexity index is 267. The van der Waals surface area contributed by atoms with Gasteiger partial charge >= 0.3 is 5.97 Å². The maximum atomic E-state index is 11.4. The molecular weight excluding hydrogens is 222 g/mol. The number of carbonyl (C=O) groups excluding carboxylic acids is 1. The van der Waals surface area contributed by atoms with Gasteiger partial charge in [0.2, 0.25) is 6.04 Å². The van der Waals surface area contributed by atoms with Crippen molar-refractivity contribution in [3.63, 3.8) is 0 Å². The van der Waals surface area contributed by atoms with E-state index in [2.05, 4.69) is 0 Å². The van der Waals surface area contributed by atoms with Gasteiger partial charge in [0.15, 0.2) is 0 Å². The van der Waals surface area contributed by atoms with Gasteiger partial charge in [-0.25, -0.2) is 0 Å². The standard InChI is InChI=1S/C12H21NO4/c1-10-8-9-11(13(15)16)6-4-2-3-5-7-12(14)17-10/h10-11H,2-9H2,1H3. The summed E-state index contributed by atoms with van der Waals surface area (Å²) in [5.74, 6) is -0.171. The van der Waals surface area contributed by atoms with Gasteiger partial charge in [-0.1, -0.05) is 12.8 Å². The number of ether oxygens (including phenoxy) is 1. The Kier molecular flexibility index (Phi) is 5.94. The predicted octanol–water partition coefficient (Wildman–Crippen LogP) is 2.70. The van der Waals surface area contributed by atoms with Crippen LogP contribution in [0, 0.1) is 10.1 Å². The lowest BCUT2D eigenvalue weighted by Gasteiger charge is -2.16. The van der Waals surface area contributed by atoms with E-state index in [9.17, 15) is 14.9 Å². The summed E-state index contributed by atoms with van der Waals surface area (Å²) in [5.41, 5.74) is 0. The van der Waals surface area contributed by atoms with Crippen LogP contribution in [-0.4, -0.2) is 23.0 Å². The van der Waals surface area contributed by atoms with E-state index in [1.807, 2.05) is 0 Å². The van der Waals surface area contributed by atoms with E-state index in [0.717, 1.165) is 25.7 Å². The van der Waals surface area contributed by atoms with Gasteiger partial charge in [-0.05, 0) is 26.2 Å². The number of hydrogen-bond donors (Lipinski definition) is 0. The zero-order valence-electron chi connectivity index (χ0n) is 10.4. The summed E-state index contributed by atoms with van der Waals surface area (Å²) >= 11 is 0. The van der Waals surface area contributed by atoms with Crippen LogP contribution in [0.25, 0.3) is 0 Å². The first-order chi connectivity index (χ1) is 8.09. The molecule has 2 atom stereocenters. The highest BCUT2D eigenvalue weighted by Crippen LogP contribution is 2.17. The van der Waals surface area contributed by atoms with Crippen molar-refractivity contribution >= 4 is 5.97 Å². The molecular formula is C12H21NO4. The normalized spacial score (nSPS) is 28.6. The summed E-state index contributed by atoms with van der Waals surface area (Å²) < 4.78 is 5.19. The Morgan fingerprint density at radius 2 is 1.88 bits per heavy atom. The van der Waals surface area contributed by atoms with Crippen LogP contribution < -0.4 is 0 Å². The zero-order chi connectivity index (χ0) is 12.7. The van der Waals surface area contributed by atoms with Crippen LogP contribution in [0.15, 0.2) is 0 Å². The quantitative estimate of drug-likeness (QED) is 0.403. The molecule has 0 amide bonds. The molecule has 0 spiro atoms. The van der Waals surface area contributed by atoms with Crippen molar-refractivity contribution in [1.29, 1.82) is 0 Å². The van der Waals surface area contributed by atoms with E-state index in [1.165, 1.54) is 0 Å². The molecule has 1 heterocycles. The van der Waals surface area contributed by atoms with Crippen molar-refractivity contribution in [1.82, 2.24) is 0 Å². The maximum absolute atomic E-state index is 11.4. The van der Waals surface area contributed by atoms with E-state index >= 15 is 0 Å². The smallest absolute Gasteiger partial charge is 0.306 e. The summed E-state index contributed by atoms with van der Waals surface area (Å²) in [6.07, 6.45) is 5.63. The van der Waals surface area contributed by atoms with Crippen LogP contribution in [0.3, 0.4) is 0 Å². The van der Waals surface area contributed by atoms with Crippen LogP contribution in [0.2, 0.25) is 0 Å². The Morgan fingerprint density at radius 3 is 2.59 bits per heavy atom. The van der Waals surface area contributed by atoms with Gasteiger partial charge in [-0.15, -0.1) is 0 Å². The van der Waals surface area contributed by atoms with Gasteiger partial charge in [-0.2, -0.15) is 0 Å². The second-order valence-electron chi connectivity index (χ2n) is 4.77. The van der Waals surface area contributed by atoms with Crippen molar-refractivity contribution in [2.75, 3.05) is 0 Å². The third-order valence-corrected chi connectivity index (χ3v) is 3.21. The average Bonchev–Trinajstić information content (AvgIpc) is 2.24. The molecule has 1 rings (SSSR count). The molecule has 17 heavy (non-hydrogen) atoms. The third-order valence-electron chi connectivity index (χ3n) is 3.21. The molecule has 0 aromatic carbocycles. The van der Waals surface area contributed by atoms with Crippen LogP contribution >= 0.6 is 0 Å². The summed E-state index contributed by atoms with van der Waals surface area (Å²) in [7, 11) is 0. The maximum Gasteiger partial charge on any atom is 0.306 e. The van der Waals surface area contributed by atoms with E-state index in [1.54, 1.807) is 6.92 Å². The van der Waals surface area contributed by atoms with Crippen molar-refractivity contribution < 1.29 is 14.5 Å². The number of cyclic esters (lactones) is 1. The molecule has 0 radical (unpaired) electrons. The van der Waals surface area contributed by atoms with E-state index in [-0.39, 0.29) is 17.0 Å². The SMILES string of the molecule is CC1CCC([N+](=O)[O-])CCCCCCC(=O)O1. The third kappa shape index (κ3) is 5.65. The number of carbonyl (C=O) groups is 1. The molecule has 0 aromatic rings. The van der Waals surface area contributed by atoms with Crippen LogP contribution in [0.1, 0.15) is 58.3 Å². The largest absolute Gasteiger partial charge is 0.463 e. The first kappa shape index (κ1) is 13.9. The lowest BCUT2D eigenvalue weighted by molar-refractivity contribution is -0.524. The fourth-order valence-electron chi connectivity index (χ4n) is 2.13. The minimum absolute atomic E-state index is 0.171. The highest BCUT2D eigenvalue weighted by Gasteiger charge is 2.22. The van der Waals surface area contributed by atoms with Crippen molar-refractivity contribution in [2.45, 2.75) is 70.4 Å². The Hall–Kier alpha value is -1.13. The fraction of sp³-hybridized carbons (Fsp3) is 0.917. The number of hydrogen-bond acceptors (Lipinski definition) is 4. The number of esters is 1. The molecule has 0 aliphatic carbocycles. The van der Waals surface area contributed by atoms with Gasteiger partial charge in [0.25, 0.3) is 0 Å². The number of nitro groups is 1. The summed E-state index contributed by atoms with van der Waals surface area (Å²) in [4.78, 5) is 22.0. The molecule has 0 saturated carbocycles. The van der Waals surface area contributed by atoms with Crippen molar-refractivity contribution in [3.05, 3.63) is 10.1 Å². The average molecular weight is 243 g/mol. The molecule has 1 fully saturated rings.